The summed E-state index contributed by atoms with van der Waals surface area (Å²) in [4.78, 5) is 8.71. The predicted octanol–water partition coefficient (Wildman–Crippen LogP) is 4.16. The highest BCUT2D eigenvalue weighted by Gasteiger charge is 2.27. The Hall–Kier alpha value is -1.60. The summed E-state index contributed by atoms with van der Waals surface area (Å²) in [5.74, 6) is 1.04. The summed E-state index contributed by atoms with van der Waals surface area (Å²) in [6.07, 6.45) is 1.00. The van der Waals surface area contributed by atoms with E-state index < -0.39 is 0 Å². The van der Waals surface area contributed by atoms with E-state index in [2.05, 4.69) is 28.5 Å². The first-order valence-electron chi connectivity index (χ1n) is 8.87. The minimum atomic E-state index is 0.412. The molecule has 3 heterocycles. The number of hydrogen-bond acceptors (Lipinski definition) is 6. The molecule has 2 N–H and O–H groups in total. The van der Waals surface area contributed by atoms with Crippen LogP contribution in [0.4, 0.5) is 16.4 Å². The van der Waals surface area contributed by atoms with Crippen molar-refractivity contribution in [1.29, 1.82) is 0 Å². The normalized spacial score (nSPS) is 19.3. The number of methoxy groups -OCH3 is 1. The zero-order valence-electron chi connectivity index (χ0n) is 15.0. The third-order valence-electron chi connectivity index (χ3n) is 4.75. The maximum Gasteiger partial charge on any atom is 0.139 e. The van der Waals surface area contributed by atoms with Crippen LogP contribution in [0.5, 0.6) is 0 Å². The Morgan fingerprint density at radius 1 is 1.38 bits per heavy atom. The number of nitrogens with zero attached hydrogens (tertiary/aromatic N) is 2. The number of nitrogens with one attached hydrogen (secondary N) is 2. The van der Waals surface area contributed by atoms with Crippen LogP contribution in [-0.2, 0) is 4.74 Å². The second kappa shape index (κ2) is 7.56. The molecule has 7 heteroatoms. The highest BCUT2D eigenvalue weighted by molar-refractivity contribution is 7.16. The van der Waals surface area contributed by atoms with Crippen LogP contribution in [0.15, 0.2) is 29.3 Å². The highest BCUT2D eigenvalue weighted by Crippen LogP contribution is 2.40. The molecule has 1 aromatic heterocycles. The quantitative estimate of drug-likeness (QED) is 0.826. The number of fused-ring (bicyclic) bond motifs is 2. The largest absolute Gasteiger partial charge is 0.385 e. The third kappa shape index (κ3) is 3.60. The summed E-state index contributed by atoms with van der Waals surface area (Å²) in [5, 5.41) is 8.97. The molecule has 1 fully saturated rings. The van der Waals surface area contributed by atoms with Gasteiger partial charge in [0, 0.05) is 49.3 Å². The van der Waals surface area contributed by atoms with Gasteiger partial charge in [-0.15, -0.1) is 11.3 Å². The van der Waals surface area contributed by atoms with Crippen LogP contribution in [-0.4, -0.2) is 50.1 Å². The van der Waals surface area contributed by atoms with Gasteiger partial charge in [-0.05, 0) is 37.6 Å². The van der Waals surface area contributed by atoms with Crippen LogP contribution < -0.4 is 10.6 Å². The molecule has 138 valence electrons. The molecule has 1 aromatic carbocycles. The van der Waals surface area contributed by atoms with Gasteiger partial charge in [0.15, 0.2) is 0 Å². The molecular formula is C19H23ClN4OS. The summed E-state index contributed by atoms with van der Waals surface area (Å²) in [6, 6.07) is 8.47. The number of thiophene rings is 1. The van der Waals surface area contributed by atoms with E-state index in [9.17, 15) is 0 Å². The molecule has 0 saturated carbocycles. The van der Waals surface area contributed by atoms with E-state index in [4.69, 9.17) is 21.3 Å². The van der Waals surface area contributed by atoms with E-state index in [1.165, 1.54) is 10.4 Å². The Labute approximate surface area is 163 Å². The van der Waals surface area contributed by atoms with Gasteiger partial charge in [-0.25, -0.2) is 4.99 Å². The lowest BCUT2D eigenvalue weighted by molar-refractivity contribution is 0.168. The number of aliphatic imine (C=N–C) groups is 1. The minimum Gasteiger partial charge on any atom is -0.385 e. The fourth-order valence-electron chi connectivity index (χ4n) is 3.49. The Kier molecular flexibility index (Phi) is 5.18. The van der Waals surface area contributed by atoms with Gasteiger partial charge in [0.05, 0.1) is 16.9 Å². The van der Waals surface area contributed by atoms with E-state index in [0.29, 0.717) is 11.1 Å². The smallest absolute Gasteiger partial charge is 0.139 e. The molecule has 0 unspecified atom stereocenters. The molecule has 0 radical (unpaired) electrons. The molecule has 1 atom stereocenters. The van der Waals surface area contributed by atoms with E-state index in [0.717, 1.165) is 54.9 Å². The molecule has 2 aliphatic heterocycles. The standard InChI is InChI=1S/C19H23ClN4OS/c1-12-9-15-18(24-7-6-21-14(11-24)5-8-25-2)22-16-4-3-13(20)10-17(16)23-19(15)26-12/h3-4,9-10,14,21,23H,5-8,11H2,1-2H3/t14-/m0/s1. The van der Waals surface area contributed by atoms with Gasteiger partial charge in [-0.2, -0.15) is 0 Å². The zero-order valence-corrected chi connectivity index (χ0v) is 16.6. The van der Waals surface area contributed by atoms with Gasteiger partial charge >= 0.3 is 0 Å². The Bertz CT molecular complexity index is 835. The monoisotopic (exact) mass is 390 g/mol. The molecule has 0 aliphatic carbocycles. The summed E-state index contributed by atoms with van der Waals surface area (Å²) >= 11 is 7.96. The van der Waals surface area contributed by atoms with Crippen molar-refractivity contribution < 1.29 is 4.74 Å². The number of ether oxygens (including phenoxy) is 1. The van der Waals surface area contributed by atoms with Crippen molar-refractivity contribution in [3.8, 4) is 0 Å². The lowest BCUT2D eigenvalue weighted by Gasteiger charge is -2.35. The Balaban J connectivity index is 1.71. The number of benzene rings is 1. The summed E-state index contributed by atoms with van der Waals surface area (Å²) < 4.78 is 5.25. The van der Waals surface area contributed by atoms with Gasteiger partial charge in [-0.1, -0.05) is 11.6 Å². The number of hydrogen-bond donors (Lipinski definition) is 2. The molecule has 0 bridgehead atoms. The van der Waals surface area contributed by atoms with Crippen molar-refractivity contribution in [3.05, 3.63) is 39.7 Å². The maximum atomic E-state index is 6.20. The van der Waals surface area contributed by atoms with Crippen LogP contribution in [0.25, 0.3) is 0 Å². The van der Waals surface area contributed by atoms with Crippen molar-refractivity contribution in [2.75, 3.05) is 38.7 Å². The first-order valence-corrected chi connectivity index (χ1v) is 10.1. The molecule has 0 spiro atoms. The number of halogens is 1. The molecule has 4 rings (SSSR count). The second-order valence-corrected chi connectivity index (χ2v) is 8.39. The highest BCUT2D eigenvalue weighted by atomic mass is 35.5. The molecule has 1 saturated heterocycles. The fourth-order valence-corrected chi connectivity index (χ4v) is 4.58. The average Bonchev–Trinajstić information content (AvgIpc) is 2.92. The minimum absolute atomic E-state index is 0.412. The Morgan fingerprint density at radius 2 is 2.27 bits per heavy atom. The van der Waals surface area contributed by atoms with Gasteiger partial charge in [0.25, 0.3) is 0 Å². The number of rotatable bonds is 3. The van der Waals surface area contributed by atoms with Crippen molar-refractivity contribution in [2.45, 2.75) is 19.4 Å². The topological polar surface area (TPSA) is 48.9 Å². The molecular weight excluding hydrogens is 368 g/mol. The Morgan fingerprint density at radius 3 is 3.12 bits per heavy atom. The van der Waals surface area contributed by atoms with Crippen molar-refractivity contribution in [3.63, 3.8) is 0 Å². The molecule has 5 nitrogen and oxygen atoms in total. The van der Waals surface area contributed by atoms with Crippen LogP contribution >= 0.6 is 22.9 Å². The summed E-state index contributed by atoms with van der Waals surface area (Å²) in [5.41, 5.74) is 3.06. The van der Waals surface area contributed by atoms with Gasteiger partial charge < -0.3 is 20.3 Å². The van der Waals surface area contributed by atoms with Gasteiger partial charge in [0.1, 0.15) is 10.8 Å². The maximum absolute atomic E-state index is 6.20. The van der Waals surface area contributed by atoms with Crippen LogP contribution in [0, 0.1) is 6.92 Å². The van der Waals surface area contributed by atoms with Crippen LogP contribution in [0.1, 0.15) is 16.9 Å². The number of anilines is 2. The van der Waals surface area contributed by atoms with Crippen LogP contribution in [0.2, 0.25) is 5.02 Å². The zero-order chi connectivity index (χ0) is 18.1. The molecule has 2 aromatic rings. The van der Waals surface area contributed by atoms with Crippen LogP contribution in [0.3, 0.4) is 0 Å². The second-order valence-electron chi connectivity index (χ2n) is 6.70. The van der Waals surface area contributed by atoms with E-state index in [1.54, 1.807) is 18.4 Å². The van der Waals surface area contributed by atoms with E-state index >= 15 is 0 Å². The SMILES string of the molecule is COCC[C@H]1CN(C2=Nc3ccc(Cl)cc3Nc3sc(C)cc32)CCN1. The van der Waals surface area contributed by atoms with Crippen molar-refractivity contribution in [1.82, 2.24) is 10.2 Å². The summed E-state index contributed by atoms with van der Waals surface area (Å²) in [6.45, 7) is 5.73. The van der Waals surface area contributed by atoms with Gasteiger partial charge in [-0.3, -0.25) is 0 Å². The summed E-state index contributed by atoms with van der Waals surface area (Å²) in [7, 11) is 1.75. The van der Waals surface area contributed by atoms with Gasteiger partial charge in [0.2, 0.25) is 0 Å². The third-order valence-corrected chi connectivity index (χ3v) is 5.96. The predicted molar refractivity (Wildman–Crippen MR) is 110 cm³/mol. The van der Waals surface area contributed by atoms with E-state index in [1.807, 2.05) is 18.2 Å². The number of amidine groups is 1. The molecule has 26 heavy (non-hydrogen) atoms. The first kappa shape index (κ1) is 17.8. The van der Waals surface area contributed by atoms with E-state index in [-0.39, 0.29) is 0 Å². The lowest BCUT2D eigenvalue weighted by atomic mass is 10.1. The first-order chi connectivity index (χ1) is 12.6. The number of piperazine rings is 1. The average molecular weight is 391 g/mol. The van der Waals surface area contributed by atoms with Crippen molar-refractivity contribution in [2.24, 2.45) is 4.99 Å². The lowest BCUT2D eigenvalue weighted by Crippen LogP contribution is -2.53. The molecule has 2 aliphatic rings. The number of aryl methyl sites for hydroxylation is 1. The molecule has 0 amide bonds. The fraction of sp³-hybridized carbons (Fsp3) is 0.421. The van der Waals surface area contributed by atoms with Crippen molar-refractivity contribution >= 4 is 45.1 Å².